The van der Waals surface area contributed by atoms with Gasteiger partial charge in [0, 0.05) is 69.9 Å². The lowest BCUT2D eigenvalue weighted by Gasteiger charge is -2.56. The molecule has 81 heavy (non-hydrogen) atoms. The minimum atomic E-state index is -2.48. The van der Waals surface area contributed by atoms with Crippen LogP contribution in [0.5, 0.6) is 0 Å². The predicted octanol–water partition coefficient (Wildman–Crippen LogP) is -1.52. The van der Waals surface area contributed by atoms with Gasteiger partial charge in [-0.25, -0.2) is 0 Å². The van der Waals surface area contributed by atoms with E-state index in [1.165, 1.54) is 14.0 Å². The molecule has 0 radical (unpaired) electrons. The predicted molar refractivity (Wildman–Crippen MR) is 291 cm³/mol. The number of carbonyl (C=O) groups is 3. The summed E-state index contributed by atoms with van der Waals surface area (Å²) in [4.78, 5) is 44.9. The zero-order valence-electron chi connectivity index (χ0n) is 50.6. The molecule has 5 saturated heterocycles. The van der Waals surface area contributed by atoms with Crippen LogP contribution in [0.4, 0.5) is 0 Å². The molecule has 0 bridgehead atoms. The third-order valence-electron chi connectivity index (χ3n) is 18.7. The van der Waals surface area contributed by atoms with Crippen molar-refractivity contribution in [2.24, 2.45) is 23.7 Å². The molecule has 25 nitrogen and oxygen atoms in total. The van der Waals surface area contributed by atoms with Crippen molar-refractivity contribution in [3.8, 4) is 0 Å². The molecule has 5 aliphatic heterocycles. The van der Waals surface area contributed by atoms with Crippen molar-refractivity contribution in [2.45, 2.75) is 260 Å². The number of amides is 1. The number of aliphatic hydroxyl groups excluding tert-OH is 5. The summed E-state index contributed by atoms with van der Waals surface area (Å²) < 4.78 is 55.9. The third-order valence-corrected chi connectivity index (χ3v) is 18.7. The summed E-state index contributed by atoms with van der Waals surface area (Å²) in [5.74, 6) is -7.63. The Morgan fingerprint density at radius 1 is 0.790 bits per heavy atom. The summed E-state index contributed by atoms with van der Waals surface area (Å²) in [6, 6.07) is -2.96. The van der Waals surface area contributed by atoms with Gasteiger partial charge in [0.05, 0.1) is 71.9 Å². The van der Waals surface area contributed by atoms with Gasteiger partial charge in [-0.1, -0.05) is 27.7 Å². The molecule has 0 aromatic rings. The van der Waals surface area contributed by atoms with Gasteiger partial charge in [0.1, 0.15) is 42.2 Å². The Morgan fingerprint density at radius 2 is 1.46 bits per heavy atom. The maximum Gasteiger partial charge on any atom is 0.311 e. The number of esters is 1. The Kier molecular flexibility index (Phi) is 22.8. The summed E-state index contributed by atoms with van der Waals surface area (Å²) in [5.41, 5.74) is -4.93. The molecular weight excluding hydrogens is 1060 g/mol. The van der Waals surface area contributed by atoms with E-state index < -0.39 is 168 Å². The Morgan fingerprint density at radius 3 is 2.07 bits per heavy atom. The molecule has 6 fully saturated rings. The lowest BCUT2D eigenvalue weighted by Crippen LogP contribution is -2.78. The fourth-order valence-electron chi connectivity index (χ4n) is 13.8. The molecule has 0 aromatic carbocycles. The van der Waals surface area contributed by atoms with E-state index in [1.807, 2.05) is 32.8 Å². The first-order valence-electron chi connectivity index (χ1n) is 29.2. The second kappa shape index (κ2) is 27.2. The smallest absolute Gasteiger partial charge is 0.311 e. The van der Waals surface area contributed by atoms with Crippen LogP contribution in [-0.2, 0) is 57.0 Å². The maximum atomic E-state index is 14.6. The minimum Gasteiger partial charge on any atom is -0.459 e. The first kappa shape index (κ1) is 67.9. The van der Waals surface area contributed by atoms with Gasteiger partial charge in [-0.05, 0) is 102 Å². The standard InChI is InChI=1S/C56H101N5O20/c1-17-35-55(11,71)47(67)29(5)38(59-20-19-58-36(63)18-21-61(15)40-42(65)39(57-12)43(66)46-45(40)81-56(72)34(62)23-28(4)75-52(56)79-46)26(2)24-53(9,70)49(80-51-41(64)33(60(13)14)22-27(3)74-51)30(6)44(31(7)50(69)77-35)78-37-25-54(10,73-16)48(68)32(8)76-37/h26-33,35,37-49,51-52,57,59,64-68,70-72H,17-25H2,1-16H3,(H,58,63)/t26-,27?,28-,29+,30?,31-,32?,33?,35-,37?,38+,39-,40+,41?,42+,43+,44+,45-,46-,47-,48?,49-,51?,52+,53-,54?,55-,56+/m1/s1. The van der Waals surface area contributed by atoms with Crippen LogP contribution in [-0.4, -0.2) is 268 Å². The summed E-state index contributed by atoms with van der Waals surface area (Å²) >= 11 is 0. The van der Waals surface area contributed by atoms with Crippen molar-refractivity contribution in [1.29, 1.82) is 0 Å². The summed E-state index contributed by atoms with van der Waals surface area (Å²) in [5, 5.41) is 104. The van der Waals surface area contributed by atoms with E-state index in [1.54, 1.807) is 74.4 Å². The van der Waals surface area contributed by atoms with Crippen molar-refractivity contribution in [1.82, 2.24) is 25.8 Å². The number of hydrogen-bond donors (Lipinski definition) is 11. The first-order chi connectivity index (χ1) is 37.7. The van der Waals surface area contributed by atoms with E-state index in [0.29, 0.717) is 6.42 Å². The van der Waals surface area contributed by atoms with E-state index >= 15 is 0 Å². The number of methoxy groups -OCH3 is 1. The highest BCUT2D eigenvalue weighted by molar-refractivity contribution is 5.87. The number of ketones is 1. The summed E-state index contributed by atoms with van der Waals surface area (Å²) in [6.07, 6.45) is -17.3. The SMILES string of the molecule is CC[C@H]1OC(=O)[C@H](C)[C@@H](OC2CC(C)(OC)C(O)C(C)O2)C(C)[C@@H](OC2OC(C)CC(N(C)C)C2O)[C@](C)(O)C[C@@H](C)[C@H](NCCNC(=O)CCN(C)[C@H]2[C@@H](O)[C@@H](NC)[C@H](O)[C@H]3O[C@@H]4O[C@H](C)CC(=O)[C@]4(O)O[C@@H]32)[C@H](C)[C@@H](O)[C@]1(C)O. The van der Waals surface area contributed by atoms with Gasteiger partial charge in [0.25, 0.3) is 5.79 Å². The van der Waals surface area contributed by atoms with Crippen LogP contribution in [0, 0.1) is 23.7 Å². The lowest BCUT2D eigenvalue weighted by atomic mass is 9.72. The largest absolute Gasteiger partial charge is 0.459 e. The maximum absolute atomic E-state index is 14.6. The fourth-order valence-corrected chi connectivity index (χ4v) is 13.8. The van der Waals surface area contributed by atoms with Crippen LogP contribution >= 0.6 is 0 Å². The highest BCUT2D eigenvalue weighted by atomic mass is 16.8. The molecule has 0 spiro atoms. The van der Waals surface area contributed by atoms with Crippen molar-refractivity contribution >= 4 is 17.7 Å². The quantitative estimate of drug-likeness (QED) is 0.0618. The van der Waals surface area contributed by atoms with Gasteiger partial charge in [-0.2, -0.15) is 0 Å². The van der Waals surface area contributed by atoms with Crippen LogP contribution in [0.2, 0.25) is 0 Å². The number of carbonyl (C=O) groups excluding carboxylic acids is 3. The van der Waals surface area contributed by atoms with Crippen LogP contribution in [0.15, 0.2) is 0 Å². The summed E-state index contributed by atoms with van der Waals surface area (Å²) in [7, 11) is 8.37. The van der Waals surface area contributed by atoms with Gasteiger partial charge in [-0.3, -0.25) is 19.3 Å². The van der Waals surface area contributed by atoms with E-state index in [2.05, 4.69) is 16.0 Å². The molecule has 11 N–H and O–H groups in total. The van der Waals surface area contributed by atoms with Crippen molar-refractivity contribution in [3.05, 3.63) is 0 Å². The number of nitrogens with one attached hydrogen (secondary N) is 3. The molecule has 6 aliphatic rings. The number of nitrogens with zero attached hydrogens (tertiary/aromatic N) is 2. The molecule has 6 rings (SSSR count). The first-order valence-corrected chi connectivity index (χ1v) is 29.2. The van der Waals surface area contributed by atoms with E-state index in [-0.39, 0.29) is 69.8 Å². The number of Topliss-reactive ketones (excluding diaryl/α,β-unsaturated/α-hetero) is 1. The number of cyclic esters (lactones) is 1. The van der Waals surface area contributed by atoms with Gasteiger partial charge >= 0.3 is 5.97 Å². The van der Waals surface area contributed by atoms with Crippen molar-refractivity contribution in [2.75, 3.05) is 54.9 Å². The second-order valence-corrected chi connectivity index (χ2v) is 25.3. The molecule has 1 saturated carbocycles. The Bertz CT molecular complexity index is 2080. The van der Waals surface area contributed by atoms with Gasteiger partial charge in [0.2, 0.25) is 12.2 Å². The van der Waals surface area contributed by atoms with Crippen LogP contribution in [0.1, 0.15) is 115 Å². The number of fused-ring (bicyclic) bond motifs is 2. The van der Waals surface area contributed by atoms with Crippen LogP contribution in [0.25, 0.3) is 0 Å². The molecular formula is C56H101N5O20. The van der Waals surface area contributed by atoms with Crippen molar-refractivity contribution in [3.63, 3.8) is 0 Å². The minimum absolute atomic E-state index is 0.0197. The molecule has 1 aliphatic carbocycles. The molecule has 25 heteroatoms. The third kappa shape index (κ3) is 14.5. The topological polar surface area (TPSA) is 339 Å². The highest BCUT2D eigenvalue weighted by Crippen LogP contribution is 2.44. The number of ether oxygens (including phenoxy) is 9. The number of rotatable bonds is 16. The normalized spacial score (nSPS) is 48.7. The number of aliphatic hydroxyl groups is 8. The fraction of sp³-hybridized carbons (Fsp3) is 0.946. The zero-order valence-corrected chi connectivity index (χ0v) is 50.6. The average Bonchev–Trinajstić information content (AvgIpc) is 3.54. The lowest BCUT2D eigenvalue weighted by molar-refractivity contribution is -0.423. The zero-order chi connectivity index (χ0) is 60.6. The Hall–Kier alpha value is -2.19. The number of likely N-dealkylation sites (N-methyl/N-ethyl adjacent to an activating group) is 3. The van der Waals surface area contributed by atoms with Crippen LogP contribution in [0.3, 0.4) is 0 Å². The molecule has 470 valence electrons. The number of hydrogen-bond acceptors (Lipinski definition) is 24. The monoisotopic (exact) mass is 1160 g/mol. The van der Waals surface area contributed by atoms with Gasteiger partial charge < -0.3 is 104 Å². The van der Waals surface area contributed by atoms with E-state index in [9.17, 15) is 55.2 Å². The Labute approximate surface area is 478 Å². The Balaban J connectivity index is 1.24. The molecule has 28 atom stereocenters. The van der Waals surface area contributed by atoms with Crippen molar-refractivity contribution < 1.29 is 97.9 Å². The van der Waals surface area contributed by atoms with Crippen LogP contribution < -0.4 is 16.0 Å². The molecule has 0 aromatic heterocycles. The molecule has 9 unspecified atom stereocenters. The summed E-state index contributed by atoms with van der Waals surface area (Å²) in [6.45, 7) is 18.9. The second-order valence-electron chi connectivity index (χ2n) is 25.3. The van der Waals surface area contributed by atoms with E-state index in [0.717, 1.165) is 0 Å². The average molecular weight is 1160 g/mol. The van der Waals surface area contributed by atoms with Gasteiger partial charge in [-0.15, -0.1) is 0 Å². The van der Waals surface area contributed by atoms with E-state index in [4.69, 9.17) is 42.6 Å². The highest BCUT2D eigenvalue weighted by Gasteiger charge is 2.64. The molecule has 1 amide bonds. The molecule has 5 heterocycles. The van der Waals surface area contributed by atoms with Gasteiger partial charge in [0.15, 0.2) is 18.4 Å².